The van der Waals surface area contributed by atoms with E-state index in [9.17, 15) is 0 Å². The number of anilines is 2. The van der Waals surface area contributed by atoms with Gasteiger partial charge in [0.2, 0.25) is 0 Å². The molecule has 2 rings (SSSR count). The van der Waals surface area contributed by atoms with Gasteiger partial charge >= 0.3 is 0 Å². The lowest BCUT2D eigenvalue weighted by molar-refractivity contribution is 0.602. The van der Waals surface area contributed by atoms with Crippen LogP contribution in [0.2, 0.25) is 0 Å². The molecule has 2 N–H and O–H groups in total. The minimum absolute atomic E-state index is 0.577. The third kappa shape index (κ3) is 3.59. The van der Waals surface area contributed by atoms with E-state index in [1.807, 2.05) is 13.0 Å². The molecule has 1 heterocycles. The van der Waals surface area contributed by atoms with Crippen LogP contribution >= 0.6 is 0 Å². The average Bonchev–Trinajstić information content (AvgIpc) is 2.71. The van der Waals surface area contributed by atoms with Crippen molar-refractivity contribution in [1.82, 2.24) is 9.97 Å². The van der Waals surface area contributed by atoms with Gasteiger partial charge in [-0.25, -0.2) is 9.97 Å². The fourth-order valence-electron chi connectivity index (χ4n) is 2.53. The fourth-order valence-corrected chi connectivity index (χ4v) is 2.53. The second-order valence-electron chi connectivity index (χ2n) is 5.37. The molecule has 0 aromatic carbocycles. The van der Waals surface area contributed by atoms with E-state index in [1.165, 1.54) is 19.3 Å². The monoisotopic (exact) mass is 248 g/mol. The standard InChI is InChI=1S/C14H24N4/c1-4-7-15-13-9-14(17-11(3)16-13)18-12-6-5-10(2)8-12/h9-10,12H,4-8H2,1-3H3,(H2,15,16,17,18). The van der Waals surface area contributed by atoms with Crippen LogP contribution in [0.15, 0.2) is 6.07 Å². The number of aromatic nitrogens is 2. The molecule has 4 nitrogen and oxygen atoms in total. The van der Waals surface area contributed by atoms with Crippen LogP contribution in [0.3, 0.4) is 0 Å². The second kappa shape index (κ2) is 6.03. The number of hydrogen-bond donors (Lipinski definition) is 2. The number of hydrogen-bond acceptors (Lipinski definition) is 4. The van der Waals surface area contributed by atoms with Gasteiger partial charge < -0.3 is 10.6 Å². The zero-order chi connectivity index (χ0) is 13.0. The quantitative estimate of drug-likeness (QED) is 0.840. The normalized spacial score (nSPS) is 23.1. The van der Waals surface area contributed by atoms with Gasteiger partial charge in [0, 0.05) is 18.7 Å². The molecule has 0 radical (unpaired) electrons. The molecule has 1 saturated carbocycles. The van der Waals surface area contributed by atoms with E-state index in [2.05, 4.69) is 34.4 Å². The Morgan fingerprint density at radius 1 is 1.28 bits per heavy atom. The Bertz CT molecular complexity index is 391. The van der Waals surface area contributed by atoms with Gasteiger partial charge in [0.15, 0.2) is 0 Å². The van der Waals surface area contributed by atoms with Crippen molar-refractivity contribution >= 4 is 11.6 Å². The summed E-state index contributed by atoms with van der Waals surface area (Å²) >= 11 is 0. The van der Waals surface area contributed by atoms with Gasteiger partial charge in [-0.3, -0.25) is 0 Å². The third-order valence-electron chi connectivity index (χ3n) is 3.44. The third-order valence-corrected chi connectivity index (χ3v) is 3.44. The smallest absolute Gasteiger partial charge is 0.132 e. The summed E-state index contributed by atoms with van der Waals surface area (Å²) in [6.07, 6.45) is 4.93. The van der Waals surface area contributed by atoms with Crippen LogP contribution in [-0.4, -0.2) is 22.6 Å². The van der Waals surface area contributed by atoms with Crippen molar-refractivity contribution in [3.63, 3.8) is 0 Å². The molecule has 0 aliphatic heterocycles. The molecule has 1 aliphatic carbocycles. The van der Waals surface area contributed by atoms with Crippen molar-refractivity contribution in [2.45, 2.75) is 52.5 Å². The van der Waals surface area contributed by atoms with Crippen LogP contribution in [0.1, 0.15) is 45.4 Å². The number of nitrogens with one attached hydrogen (secondary N) is 2. The summed E-state index contributed by atoms with van der Waals surface area (Å²) in [6.45, 7) is 7.37. The SMILES string of the molecule is CCCNc1cc(NC2CCC(C)C2)nc(C)n1. The maximum Gasteiger partial charge on any atom is 0.132 e. The number of rotatable bonds is 5. The summed E-state index contributed by atoms with van der Waals surface area (Å²) in [7, 11) is 0. The van der Waals surface area contributed by atoms with Crippen molar-refractivity contribution in [2.24, 2.45) is 5.92 Å². The van der Waals surface area contributed by atoms with Crippen molar-refractivity contribution in [2.75, 3.05) is 17.2 Å². The summed E-state index contributed by atoms with van der Waals surface area (Å²) in [5.41, 5.74) is 0. The van der Waals surface area contributed by atoms with E-state index in [1.54, 1.807) is 0 Å². The molecule has 18 heavy (non-hydrogen) atoms. The highest BCUT2D eigenvalue weighted by Crippen LogP contribution is 2.27. The van der Waals surface area contributed by atoms with Crippen LogP contribution in [0.25, 0.3) is 0 Å². The molecule has 0 saturated heterocycles. The first-order valence-electron chi connectivity index (χ1n) is 7.03. The molecule has 1 aliphatic rings. The van der Waals surface area contributed by atoms with Crippen LogP contribution in [0.4, 0.5) is 11.6 Å². The summed E-state index contributed by atoms with van der Waals surface area (Å²) in [5.74, 6) is 3.55. The zero-order valence-electron chi connectivity index (χ0n) is 11.7. The molecule has 4 heteroatoms. The van der Waals surface area contributed by atoms with E-state index in [0.717, 1.165) is 36.3 Å². The highest BCUT2D eigenvalue weighted by Gasteiger charge is 2.21. The van der Waals surface area contributed by atoms with Crippen LogP contribution < -0.4 is 10.6 Å². The predicted octanol–water partition coefficient (Wildman–Crippen LogP) is 3.21. The molecule has 100 valence electrons. The van der Waals surface area contributed by atoms with Crippen molar-refractivity contribution in [3.05, 3.63) is 11.9 Å². The lowest BCUT2D eigenvalue weighted by Gasteiger charge is -2.14. The van der Waals surface area contributed by atoms with Gasteiger partial charge in [0.1, 0.15) is 17.5 Å². The average molecular weight is 248 g/mol. The Morgan fingerprint density at radius 3 is 2.72 bits per heavy atom. The number of aryl methyl sites for hydroxylation is 1. The molecule has 1 fully saturated rings. The van der Waals surface area contributed by atoms with Gasteiger partial charge in [-0.2, -0.15) is 0 Å². The molecule has 0 bridgehead atoms. The lowest BCUT2D eigenvalue weighted by atomic mass is 10.1. The van der Waals surface area contributed by atoms with Gasteiger partial charge in [-0.05, 0) is 38.5 Å². The summed E-state index contributed by atoms with van der Waals surface area (Å²) in [5, 5.41) is 6.86. The van der Waals surface area contributed by atoms with Crippen LogP contribution in [0.5, 0.6) is 0 Å². The maximum atomic E-state index is 4.47. The summed E-state index contributed by atoms with van der Waals surface area (Å²) in [4.78, 5) is 8.87. The molecule has 2 unspecified atom stereocenters. The molecular formula is C14H24N4. The molecule has 1 aromatic heterocycles. The maximum absolute atomic E-state index is 4.47. The van der Waals surface area contributed by atoms with E-state index in [-0.39, 0.29) is 0 Å². The molecule has 1 aromatic rings. The van der Waals surface area contributed by atoms with Gasteiger partial charge in [-0.1, -0.05) is 13.8 Å². The largest absolute Gasteiger partial charge is 0.370 e. The van der Waals surface area contributed by atoms with Crippen molar-refractivity contribution in [3.8, 4) is 0 Å². The van der Waals surface area contributed by atoms with E-state index < -0.39 is 0 Å². The topological polar surface area (TPSA) is 49.8 Å². The minimum atomic E-state index is 0.577. The van der Waals surface area contributed by atoms with Crippen molar-refractivity contribution < 1.29 is 0 Å². The fraction of sp³-hybridized carbons (Fsp3) is 0.714. The van der Waals surface area contributed by atoms with Crippen LogP contribution in [-0.2, 0) is 0 Å². The predicted molar refractivity (Wildman–Crippen MR) is 76.0 cm³/mol. The summed E-state index contributed by atoms with van der Waals surface area (Å²) in [6, 6.07) is 2.60. The van der Waals surface area contributed by atoms with Gasteiger partial charge in [-0.15, -0.1) is 0 Å². The Balaban J connectivity index is 2.00. The Kier molecular flexibility index (Phi) is 4.39. The molecule has 0 amide bonds. The van der Waals surface area contributed by atoms with Gasteiger partial charge in [0.25, 0.3) is 0 Å². The minimum Gasteiger partial charge on any atom is -0.370 e. The molecule has 0 spiro atoms. The highest BCUT2D eigenvalue weighted by atomic mass is 15.1. The van der Waals surface area contributed by atoms with Crippen LogP contribution in [0, 0.1) is 12.8 Å². The Morgan fingerprint density at radius 2 is 2.06 bits per heavy atom. The van der Waals surface area contributed by atoms with Crippen molar-refractivity contribution in [1.29, 1.82) is 0 Å². The zero-order valence-corrected chi connectivity index (χ0v) is 11.7. The van der Waals surface area contributed by atoms with E-state index in [4.69, 9.17) is 0 Å². The summed E-state index contributed by atoms with van der Waals surface area (Å²) < 4.78 is 0. The molecule has 2 atom stereocenters. The first-order valence-corrected chi connectivity index (χ1v) is 7.03. The first kappa shape index (κ1) is 13.1. The number of nitrogens with zero attached hydrogens (tertiary/aromatic N) is 2. The first-order chi connectivity index (χ1) is 8.67. The lowest BCUT2D eigenvalue weighted by Crippen LogP contribution is -2.17. The Labute approximate surface area is 110 Å². The second-order valence-corrected chi connectivity index (χ2v) is 5.37. The molecular weight excluding hydrogens is 224 g/mol. The Hall–Kier alpha value is -1.32. The highest BCUT2D eigenvalue weighted by molar-refractivity contribution is 5.48. The van der Waals surface area contributed by atoms with Gasteiger partial charge in [0.05, 0.1) is 0 Å². The van der Waals surface area contributed by atoms with E-state index in [0.29, 0.717) is 6.04 Å². The van der Waals surface area contributed by atoms with E-state index >= 15 is 0 Å².